The topological polar surface area (TPSA) is 103 Å². The number of rotatable bonds is 10. The van der Waals surface area contributed by atoms with Crippen LogP contribution in [-0.2, 0) is 30.5 Å². The number of unbranched alkanes of at least 4 members (excludes halogenated alkanes) is 2. The molecule has 2 aliphatic carbocycles. The molecule has 0 bridgehead atoms. The number of aryl methyl sites for hydroxylation is 2. The first-order valence-corrected chi connectivity index (χ1v) is 13.6. The summed E-state index contributed by atoms with van der Waals surface area (Å²) in [5, 5.41) is 29.0. The number of carboxylic acids is 1. The average molecular weight is 543 g/mol. The Bertz CT molecular complexity index is 1520. The first-order chi connectivity index (χ1) is 19.0. The number of carboxylic acid groups (broad SMARTS) is 1. The minimum atomic E-state index is -0.764. The predicted molar refractivity (Wildman–Crippen MR) is 149 cm³/mol. The third-order valence-electron chi connectivity index (χ3n) is 7.63. The van der Waals surface area contributed by atoms with E-state index in [1.807, 2.05) is 12.1 Å². The van der Waals surface area contributed by atoms with Crippen molar-refractivity contribution < 1.29 is 48.9 Å². The molecule has 0 fully saturated rings. The molecule has 0 spiro atoms. The number of fused-ring (bicyclic) bond motifs is 7. The Balaban J connectivity index is 0.00000370. The Hall–Kier alpha value is -3.29. The molecule has 3 aromatic carbocycles. The van der Waals surface area contributed by atoms with Crippen LogP contribution in [-0.4, -0.2) is 24.3 Å². The summed E-state index contributed by atoms with van der Waals surface area (Å²) < 4.78 is 11.8. The second-order valence-electron chi connectivity index (χ2n) is 10.1. The first kappa shape index (κ1) is 29.7. The molecule has 5 rings (SSSR count). The molecule has 2 aliphatic rings. The van der Waals surface area contributed by atoms with Gasteiger partial charge in [-0.15, -0.1) is 6.42 Å². The summed E-state index contributed by atoms with van der Waals surface area (Å²) in [5.41, 5.74) is 9.63. The molecule has 0 amide bonds. The van der Waals surface area contributed by atoms with Gasteiger partial charge in [-0.2, -0.15) is 10.5 Å². The second kappa shape index (κ2) is 13.4. The van der Waals surface area contributed by atoms with Crippen LogP contribution in [0.15, 0.2) is 36.4 Å². The van der Waals surface area contributed by atoms with Crippen molar-refractivity contribution in [1.29, 1.82) is 10.5 Å². The van der Waals surface area contributed by atoms with Gasteiger partial charge in [-0.3, -0.25) is 4.79 Å². The fraction of sp³-hybridized carbons (Fsp3) is 0.333. The first-order valence-electron chi connectivity index (χ1n) is 13.6. The van der Waals surface area contributed by atoms with E-state index in [1.165, 1.54) is 11.1 Å². The van der Waals surface area contributed by atoms with E-state index in [0.717, 1.165) is 70.6 Å². The molecule has 0 radical (unpaired) electrons. The van der Waals surface area contributed by atoms with Crippen molar-refractivity contribution >= 4 is 5.97 Å². The van der Waals surface area contributed by atoms with Gasteiger partial charge in [0.05, 0.1) is 24.3 Å². The zero-order valence-corrected chi connectivity index (χ0v) is 25.0. The van der Waals surface area contributed by atoms with Crippen LogP contribution in [0.3, 0.4) is 0 Å². The number of hydrogen-bond donors (Lipinski definition) is 1. The molecule has 0 aliphatic heterocycles. The average Bonchev–Trinajstić information content (AvgIpc) is 2.95. The van der Waals surface area contributed by atoms with Gasteiger partial charge in [-0.25, -0.2) is 0 Å². The molecule has 3 aromatic rings. The van der Waals surface area contributed by atoms with Crippen LogP contribution in [0.1, 0.15) is 65.5 Å². The SMILES string of the molecule is [CH2-]CCOc1ccc2c(c1)CCc1c(C#N)c(C#N)c3c(c1-2)-c1ccc(OCCCCCC(=O)O)cc1CC3.[Na+]. The van der Waals surface area contributed by atoms with Crippen molar-refractivity contribution in [2.24, 2.45) is 0 Å². The molecule has 0 saturated heterocycles. The van der Waals surface area contributed by atoms with Crippen LogP contribution in [0.2, 0.25) is 0 Å². The molecule has 0 atom stereocenters. The van der Waals surface area contributed by atoms with E-state index in [4.69, 9.17) is 14.6 Å². The van der Waals surface area contributed by atoms with Gasteiger partial charge in [-0.05, 0) is 114 Å². The van der Waals surface area contributed by atoms with Crippen molar-refractivity contribution in [2.75, 3.05) is 13.2 Å². The van der Waals surface area contributed by atoms with E-state index >= 15 is 0 Å². The standard InChI is InChI=1S/C33H31N2O4.Na/c1-2-15-38-23-9-13-25-21(17-23)7-11-27-29(19-34)30(20-35)28-12-8-22-18-24(10-14-26(22)33(28)32(25)27)39-16-5-3-4-6-31(36)37;/h9-10,13-14,17-18H,1-8,11-12,15-16H2,(H,36,37);/q-1;+1. The number of carbonyl (C=O) groups is 1. The van der Waals surface area contributed by atoms with Crippen LogP contribution in [0.25, 0.3) is 22.3 Å². The van der Waals surface area contributed by atoms with Crippen LogP contribution >= 0.6 is 0 Å². The number of ether oxygens (including phenoxy) is 2. The van der Waals surface area contributed by atoms with Crippen LogP contribution in [0, 0.1) is 29.6 Å². The second-order valence-corrected chi connectivity index (χ2v) is 10.1. The fourth-order valence-corrected chi connectivity index (χ4v) is 5.87. The van der Waals surface area contributed by atoms with E-state index in [1.54, 1.807) is 0 Å². The Labute approximate surface area is 257 Å². The van der Waals surface area contributed by atoms with Gasteiger partial charge >= 0.3 is 35.5 Å². The summed E-state index contributed by atoms with van der Waals surface area (Å²) in [5.74, 6) is 0.861. The largest absolute Gasteiger partial charge is 1.00 e. The smallest absolute Gasteiger partial charge is 0.496 e. The number of hydrogen-bond acceptors (Lipinski definition) is 5. The zero-order chi connectivity index (χ0) is 27.4. The summed E-state index contributed by atoms with van der Waals surface area (Å²) in [7, 11) is 0. The monoisotopic (exact) mass is 542 g/mol. The number of benzene rings is 3. The zero-order valence-electron chi connectivity index (χ0n) is 23.0. The Morgan fingerprint density at radius 3 is 1.80 bits per heavy atom. The van der Waals surface area contributed by atoms with E-state index in [-0.39, 0.29) is 36.0 Å². The van der Waals surface area contributed by atoms with E-state index in [0.29, 0.717) is 50.0 Å². The van der Waals surface area contributed by atoms with Crippen LogP contribution in [0.4, 0.5) is 0 Å². The third kappa shape index (κ3) is 5.91. The van der Waals surface area contributed by atoms with Gasteiger partial charge in [0, 0.05) is 6.42 Å². The summed E-state index contributed by atoms with van der Waals surface area (Å²) >= 11 is 0. The molecular weight excluding hydrogens is 511 g/mol. The van der Waals surface area contributed by atoms with Crippen molar-refractivity contribution in [1.82, 2.24) is 0 Å². The van der Waals surface area contributed by atoms with Crippen molar-refractivity contribution in [3.63, 3.8) is 0 Å². The fourth-order valence-electron chi connectivity index (χ4n) is 5.87. The van der Waals surface area contributed by atoms with Gasteiger partial charge < -0.3 is 21.5 Å². The van der Waals surface area contributed by atoms with E-state index in [9.17, 15) is 15.3 Å². The Kier molecular flexibility index (Phi) is 9.93. The maximum absolute atomic E-state index is 10.7. The number of aliphatic carboxylic acids is 1. The molecule has 198 valence electrons. The molecule has 7 heteroatoms. The molecule has 0 heterocycles. The van der Waals surface area contributed by atoms with Crippen molar-refractivity contribution in [3.8, 4) is 45.9 Å². The molecule has 40 heavy (non-hydrogen) atoms. The maximum atomic E-state index is 10.7. The molecule has 6 nitrogen and oxygen atoms in total. The summed E-state index contributed by atoms with van der Waals surface area (Å²) in [4.78, 5) is 10.7. The van der Waals surface area contributed by atoms with Gasteiger partial charge in [0.25, 0.3) is 0 Å². The summed E-state index contributed by atoms with van der Waals surface area (Å²) in [6.45, 7) is 4.96. The van der Waals surface area contributed by atoms with Gasteiger partial charge in [0.2, 0.25) is 0 Å². The van der Waals surface area contributed by atoms with E-state index < -0.39 is 5.97 Å². The minimum Gasteiger partial charge on any atom is -0.496 e. The minimum absolute atomic E-state index is 0. The maximum Gasteiger partial charge on any atom is 1.00 e. The molecule has 0 saturated carbocycles. The normalized spacial score (nSPS) is 12.4. The van der Waals surface area contributed by atoms with Crippen molar-refractivity contribution in [3.05, 3.63) is 76.7 Å². The van der Waals surface area contributed by atoms with E-state index in [2.05, 4.69) is 43.3 Å². The van der Waals surface area contributed by atoms with Gasteiger partial charge in [0.15, 0.2) is 0 Å². The summed E-state index contributed by atoms with van der Waals surface area (Å²) in [6, 6.07) is 17.1. The summed E-state index contributed by atoms with van der Waals surface area (Å²) in [6.07, 6.45) is 6.10. The molecule has 1 N–H and O–H groups in total. The van der Waals surface area contributed by atoms with Gasteiger partial charge in [0.1, 0.15) is 23.6 Å². The molecular formula is C33H31N2NaO4. The third-order valence-corrected chi connectivity index (χ3v) is 7.63. The Morgan fingerprint density at radius 2 is 1.32 bits per heavy atom. The Morgan fingerprint density at radius 1 is 0.800 bits per heavy atom. The number of nitrogens with zero attached hydrogens (tertiary/aromatic N) is 2. The van der Waals surface area contributed by atoms with Crippen LogP contribution in [0.5, 0.6) is 11.5 Å². The van der Waals surface area contributed by atoms with Crippen LogP contribution < -0.4 is 39.0 Å². The predicted octanol–water partition coefficient (Wildman–Crippen LogP) is 3.59. The molecule has 0 unspecified atom stereocenters. The van der Waals surface area contributed by atoms with Gasteiger partial charge in [-0.1, -0.05) is 12.1 Å². The molecule has 0 aromatic heterocycles. The number of nitriles is 2. The van der Waals surface area contributed by atoms with Crippen molar-refractivity contribution in [2.45, 2.75) is 57.8 Å². The quantitative estimate of drug-likeness (QED) is 0.239.